The Bertz CT molecular complexity index is 1200. The Morgan fingerprint density at radius 1 is 1.35 bits per heavy atom. The maximum atomic E-state index is 12.9. The van der Waals surface area contributed by atoms with Crippen molar-refractivity contribution < 1.29 is 16.1 Å². The number of imidazole rings is 1. The quantitative estimate of drug-likeness (QED) is 0.544. The lowest BCUT2D eigenvalue weighted by Crippen LogP contribution is -2.32. The second-order valence-corrected chi connectivity index (χ2v) is 10.1. The first kappa shape index (κ1) is 25.4. The molecule has 2 aromatic rings. The molecule has 2 heterocycles. The van der Waals surface area contributed by atoms with Gasteiger partial charge in [-0.3, -0.25) is 14.0 Å². The van der Waals surface area contributed by atoms with E-state index in [9.17, 15) is 14.7 Å². The lowest BCUT2D eigenvalue weighted by Gasteiger charge is -2.22. The molecule has 0 spiro atoms. The van der Waals surface area contributed by atoms with Gasteiger partial charge in [0.25, 0.3) is 5.91 Å². The van der Waals surface area contributed by atoms with Crippen LogP contribution in [0.3, 0.4) is 0 Å². The fraction of sp³-hybridized carbons (Fsp3) is 0.481. The van der Waals surface area contributed by atoms with Crippen molar-refractivity contribution in [3.05, 3.63) is 59.2 Å². The summed E-state index contributed by atoms with van der Waals surface area (Å²) in [6.45, 7) is 14.4. The summed E-state index contributed by atoms with van der Waals surface area (Å²) >= 11 is 0. The van der Waals surface area contributed by atoms with Crippen LogP contribution in [-0.2, 0) is 4.79 Å². The number of allylic oxidation sites excluding steroid dienone is 4. The maximum Gasteiger partial charge on any atom is 0.270 e. The summed E-state index contributed by atoms with van der Waals surface area (Å²) in [5.74, 6) is 0.544. The van der Waals surface area contributed by atoms with E-state index >= 15 is 0 Å². The lowest BCUT2D eigenvalue weighted by molar-refractivity contribution is -0.116. The minimum absolute atomic E-state index is 0. The number of carbonyl (C=O) groups excluding carboxylic acids is 2. The molecule has 7 nitrogen and oxygen atoms in total. The molecule has 0 saturated heterocycles. The van der Waals surface area contributed by atoms with Crippen molar-refractivity contribution in [2.45, 2.75) is 61.3 Å². The minimum atomic E-state index is -0.315. The van der Waals surface area contributed by atoms with Crippen LogP contribution in [-0.4, -0.2) is 37.7 Å². The van der Waals surface area contributed by atoms with Crippen LogP contribution >= 0.6 is 0 Å². The molecule has 184 valence electrons. The number of amides is 1. The van der Waals surface area contributed by atoms with Crippen molar-refractivity contribution in [3.63, 3.8) is 0 Å². The third-order valence-electron chi connectivity index (χ3n) is 6.36. The van der Waals surface area contributed by atoms with Crippen LogP contribution in [0.1, 0.15) is 78.9 Å². The third kappa shape index (κ3) is 4.98. The van der Waals surface area contributed by atoms with Gasteiger partial charge in [-0.05, 0) is 43.7 Å². The van der Waals surface area contributed by atoms with E-state index in [2.05, 4.69) is 42.1 Å². The second kappa shape index (κ2) is 9.57. The van der Waals surface area contributed by atoms with E-state index < -0.39 is 0 Å². The highest BCUT2D eigenvalue weighted by molar-refractivity contribution is 5.99. The Balaban J connectivity index is 0.00000140. The Hall–Kier alpha value is -3.22. The van der Waals surface area contributed by atoms with Gasteiger partial charge in [-0.25, -0.2) is 9.97 Å². The molecule has 4 rings (SSSR count). The van der Waals surface area contributed by atoms with E-state index in [1.165, 1.54) is 0 Å². The van der Waals surface area contributed by atoms with Crippen LogP contribution in [0.2, 0.25) is 0 Å². The smallest absolute Gasteiger partial charge is 0.270 e. The van der Waals surface area contributed by atoms with E-state index in [-0.39, 0.29) is 41.3 Å². The molecule has 2 N–H and O–H groups in total. The van der Waals surface area contributed by atoms with Gasteiger partial charge in [0.05, 0.1) is 5.69 Å². The predicted molar refractivity (Wildman–Crippen MR) is 137 cm³/mol. The Morgan fingerprint density at radius 3 is 2.71 bits per heavy atom. The zero-order valence-corrected chi connectivity index (χ0v) is 21.3. The number of nitrogens with zero attached hydrogens (tertiary/aromatic N) is 3. The monoisotopic (exact) mass is 466 g/mol. The van der Waals surface area contributed by atoms with Crippen LogP contribution < -0.4 is 5.32 Å². The van der Waals surface area contributed by atoms with Crippen LogP contribution in [0.5, 0.6) is 0 Å². The highest BCUT2D eigenvalue weighted by Gasteiger charge is 2.55. The van der Waals surface area contributed by atoms with Gasteiger partial charge in [0.2, 0.25) is 5.78 Å². The number of aliphatic hydroxyl groups excluding tert-OH is 1. The number of fused-ring (bicyclic) bond motifs is 2. The van der Waals surface area contributed by atoms with Crippen molar-refractivity contribution in [1.29, 1.82) is 0 Å². The molecule has 34 heavy (non-hydrogen) atoms. The average Bonchev–Trinajstić information content (AvgIpc) is 3.35. The van der Waals surface area contributed by atoms with Gasteiger partial charge < -0.3 is 10.4 Å². The van der Waals surface area contributed by atoms with Crippen molar-refractivity contribution >= 4 is 23.2 Å². The largest absolute Gasteiger partial charge is 0.506 e. The molecule has 0 aromatic carbocycles. The summed E-state index contributed by atoms with van der Waals surface area (Å²) in [4.78, 5) is 34.1. The number of rotatable bonds is 6. The van der Waals surface area contributed by atoms with Crippen LogP contribution in [0.15, 0.2) is 47.8 Å². The van der Waals surface area contributed by atoms with Crippen LogP contribution in [0.4, 0.5) is 0 Å². The summed E-state index contributed by atoms with van der Waals surface area (Å²) in [6.07, 6.45) is 10.3. The number of hydrogen-bond donors (Lipinski definition) is 2. The topological polar surface area (TPSA) is 96.6 Å². The van der Waals surface area contributed by atoms with Gasteiger partial charge in [0.1, 0.15) is 11.5 Å². The second-order valence-electron chi connectivity index (χ2n) is 10.1. The summed E-state index contributed by atoms with van der Waals surface area (Å²) in [7, 11) is 0. The summed E-state index contributed by atoms with van der Waals surface area (Å²) in [5.41, 5.74) is 2.41. The average molecular weight is 467 g/mol. The first-order valence-electron chi connectivity index (χ1n) is 12.0. The molecule has 0 bridgehead atoms. The molecule has 1 fully saturated rings. The van der Waals surface area contributed by atoms with Gasteiger partial charge in [-0.15, -0.1) is 0 Å². The zero-order valence-electron chi connectivity index (χ0n) is 21.3. The number of carbonyl (C=O) groups is 2. The molecule has 2 aromatic heterocycles. The van der Waals surface area contributed by atoms with Gasteiger partial charge in [-0.2, -0.15) is 0 Å². The highest BCUT2D eigenvalue weighted by atomic mass is 16.3. The first-order valence-corrected chi connectivity index (χ1v) is 12.0. The Kier molecular flexibility index (Phi) is 7.15. The Morgan fingerprint density at radius 2 is 2.06 bits per heavy atom. The number of aliphatic hydroxyl groups is 1. The molecular formula is C27H38N4O3. The van der Waals surface area contributed by atoms with E-state index in [1.54, 1.807) is 35.9 Å². The minimum Gasteiger partial charge on any atom is -0.506 e. The highest BCUT2D eigenvalue weighted by Crippen LogP contribution is 2.60. The maximum absolute atomic E-state index is 12.9. The van der Waals surface area contributed by atoms with E-state index in [1.807, 2.05) is 26.8 Å². The number of nitrogens with one attached hydrogen (secondary N) is 1. The number of hydrogen-bond acceptors (Lipinski definition) is 5. The first-order chi connectivity index (χ1) is 16.0. The van der Waals surface area contributed by atoms with E-state index in [4.69, 9.17) is 0 Å². The number of ketones is 1. The van der Waals surface area contributed by atoms with Gasteiger partial charge in [0, 0.05) is 37.8 Å². The molecule has 2 unspecified atom stereocenters. The van der Waals surface area contributed by atoms with Crippen molar-refractivity contribution in [3.8, 4) is 0 Å². The molecule has 1 amide bonds. The molecule has 2 aliphatic carbocycles. The molecule has 7 heteroatoms. The van der Waals surface area contributed by atoms with Gasteiger partial charge in [-0.1, -0.05) is 52.3 Å². The molecular weight excluding hydrogens is 428 g/mol. The van der Waals surface area contributed by atoms with Crippen LogP contribution in [0, 0.1) is 16.7 Å². The lowest BCUT2D eigenvalue weighted by atomic mass is 9.83. The van der Waals surface area contributed by atoms with Crippen molar-refractivity contribution in [2.75, 3.05) is 6.54 Å². The van der Waals surface area contributed by atoms with Crippen molar-refractivity contribution in [1.82, 2.24) is 19.7 Å². The van der Waals surface area contributed by atoms with E-state index in [0.717, 1.165) is 17.6 Å². The predicted octanol–water partition coefficient (Wildman–Crippen LogP) is 5.55. The summed E-state index contributed by atoms with van der Waals surface area (Å²) in [6, 6.07) is 1.56. The summed E-state index contributed by atoms with van der Waals surface area (Å²) in [5, 5.41) is 13.2. The standard InChI is InChI=1S/C25H30N4O3.C2H6.H2/c1-6-20(30)19-11-18(28-23-26-9-10-29(19)23)22(32)27-14-25-8-7-16(15(2)17(25)12-25)21(31)13-24(3,4)5;1-2;/h6-11,17,30H,12-14H2,1-5H3,(H,27,32);1-2H3;1H/b20-6+;;. The Labute approximate surface area is 203 Å². The van der Waals surface area contributed by atoms with Gasteiger partial charge in [0.15, 0.2) is 5.78 Å². The summed E-state index contributed by atoms with van der Waals surface area (Å²) < 4.78 is 1.63. The number of Topliss-reactive ketones (excluding diaryl/α,β-unsaturated/α-hetero) is 1. The third-order valence-corrected chi connectivity index (χ3v) is 6.36. The zero-order chi connectivity index (χ0) is 25.3. The van der Waals surface area contributed by atoms with Gasteiger partial charge >= 0.3 is 0 Å². The molecule has 2 atom stereocenters. The molecule has 0 radical (unpaired) electrons. The van der Waals surface area contributed by atoms with Crippen molar-refractivity contribution in [2.24, 2.45) is 16.7 Å². The SMILES string of the molecule is C/C=C(/O)c1cc(C(=O)NCC23C=CC(C(=O)CC(C)(C)C)=C(C)C2C3)nc2nccn12.CC.[HH]. The molecule has 2 aliphatic rings. The fourth-order valence-corrected chi connectivity index (χ4v) is 4.50. The number of aromatic nitrogens is 3. The normalized spacial score (nSPS) is 21.6. The molecule has 0 aliphatic heterocycles. The molecule has 1 saturated carbocycles. The fourth-order valence-electron chi connectivity index (χ4n) is 4.50. The van der Waals surface area contributed by atoms with E-state index in [0.29, 0.717) is 24.4 Å². The van der Waals surface area contributed by atoms with Crippen LogP contribution in [0.25, 0.3) is 11.5 Å².